The molecule has 0 radical (unpaired) electrons. The number of hydrogen-bond acceptors (Lipinski definition) is 5. The summed E-state index contributed by atoms with van der Waals surface area (Å²) >= 11 is 0. The lowest BCUT2D eigenvalue weighted by Gasteiger charge is -2.34. The lowest BCUT2D eigenvalue weighted by molar-refractivity contribution is -0.157. The van der Waals surface area contributed by atoms with E-state index in [1.165, 1.54) is 12.1 Å². The van der Waals surface area contributed by atoms with Crippen LogP contribution in [0.25, 0.3) is 0 Å². The average molecular weight is 368 g/mol. The number of hydrogen-bond donors (Lipinski definition) is 1. The first-order valence-electron chi connectivity index (χ1n) is 8.09. The largest absolute Gasteiger partial charge is 0.460 e. The van der Waals surface area contributed by atoms with Crippen LogP contribution < -0.4 is 5.32 Å². The van der Waals surface area contributed by atoms with Crippen molar-refractivity contribution in [1.29, 1.82) is 0 Å². The molecule has 1 heterocycles. The Bertz CT molecular complexity index is 750. The van der Waals surface area contributed by atoms with Crippen molar-refractivity contribution in [3.63, 3.8) is 0 Å². The highest BCUT2D eigenvalue weighted by Crippen LogP contribution is 2.23. The molecule has 1 atom stereocenters. The first-order chi connectivity index (χ1) is 11.5. The molecule has 0 bridgehead atoms. The van der Waals surface area contributed by atoms with Crippen LogP contribution in [0.1, 0.15) is 32.8 Å². The number of carbonyl (C=O) groups excluding carboxylic acids is 2. The molecule has 25 heavy (non-hydrogen) atoms. The van der Waals surface area contributed by atoms with Crippen LogP contribution in [0.5, 0.6) is 0 Å². The van der Waals surface area contributed by atoms with E-state index in [0.717, 1.165) is 9.87 Å². The van der Waals surface area contributed by atoms with Crippen molar-refractivity contribution in [3.05, 3.63) is 29.8 Å². The van der Waals surface area contributed by atoms with Crippen LogP contribution in [-0.4, -0.2) is 49.3 Å². The molecule has 0 saturated carbocycles. The van der Waals surface area contributed by atoms with Gasteiger partial charge in [-0.25, -0.2) is 8.42 Å². The first kappa shape index (κ1) is 19.4. The maximum atomic E-state index is 12.9. The van der Waals surface area contributed by atoms with Crippen LogP contribution >= 0.6 is 0 Å². The van der Waals surface area contributed by atoms with Gasteiger partial charge < -0.3 is 10.1 Å². The Morgan fingerprint density at radius 2 is 1.88 bits per heavy atom. The number of amides is 1. The zero-order chi connectivity index (χ0) is 18.8. The number of carbonyl (C=O) groups is 2. The average Bonchev–Trinajstić information content (AvgIpc) is 2.47. The van der Waals surface area contributed by atoms with Crippen LogP contribution in [0, 0.1) is 6.92 Å². The maximum Gasteiger partial charge on any atom is 0.308 e. The van der Waals surface area contributed by atoms with E-state index in [2.05, 4.69) is 5.32 Å². The molecule has 1 saturated heterocycles. The molecule has 1 aliphatic rings. The summed E-state index contributed by atoms with van der Waals surface area (Å²) < 4.78 is 32.1. The summed E-state index contributed by atoms with van der Waals surface area (Å²) in [5.74, 6) is -1.11. The van der Waals surface area contributed by atoms with Crippen molar-refractivity contribution in [2.45, 2.75) is 50.7 Å². The zero-order valence-corrected chi connectivity index (χ0v) is 15.7. The second kappa shape index (κ2) is 7.13. The monoisotopic (exact) mass is 368 g/mol. The van der Waals surface area contributed by atoms with E-state index in [-0.39, 0.29) is 24.4 Å². The Hall–Kier alpha value is -1.93. The molecule has 0 aliphatic carbocycles. The molecule has 0 spiro atoms. The van der Waals surface area contributed by atoms with Gasteiger partial charge in [-0.3, -0.25) is 9.59 Å². The quantitative estimate of drug-likeness (QED) is 0.807. The zero-order valence-electron chi connectivity index (χ0n) is 14.9. The third-order valence-electron chi connectivity index (χ3n) is 3.69. The lowest BCUT2D eigenvalue weighted by atomic mass is 10.1. The number of ether oxygens (including phenoxy) is 1. The van der Waals surface area contributed by atoms with Gasteiger partial charge in [0, 0.05) is 13.1 Å². The molecule has 138 valence electrons. The summed E-state index contributed by atoms with van der Waals surface area (Å²) in [7, 11) is -3.89. The number of benzene rings is 1. The molecular weight excluding hydrogens is 344 g/mol. The van der Waals surface area contributed by atoms with Gasteiger partial charge in [0.1, 0.15) is 11.6 Å². The SMILES string of the molecule is Cc1ccc(S(=O)(=O)N2CCNC(=O)[C@H]2CC(=O)OC(C)(C)C)cc1. The molecule has 1 N–H and O–H groups in total. The van der Waals surface area contributed by atoms with E-state index in [1.54, 1.807) is 32.9 Å². The Balaban J connectivity index is 2.28. The Kier molecular flexibility index (Phi) is 5.53. The van der Waals surface area contributed by atoms with Crippen LogP contribution in [-0.2, 0) is 24.3 Å². The van der Waals surface area contributed by atoms with Crippen LogP contribution in [0.15, 0.2) is 29.2 Å². The highest BCUT2D eigenvalue weighted by Gasteiger charge is 2.40. The van der Waals surface area contributed by atoms with Crippen molar-refractivity contribution in [1.82, 2.24) is 9.62 Å². The van der Waals surface area contributed by atoms with Gasteiger partial charge in [0.15, 0.2) is 0 Å². The van der Waals surface area contributed by atoms with E-state index >= 15 is 0 Å². The van der Waals surface area contributed by atoms with Gasteiger partial charge in [-0.15, -0.1) is 0 Å². The summed E-state index contributed by atoms with van der Waals surface area (Å²) in [5.41, 5.74) is 0.226. The predicted octanol–water partition coefficient (Wildman–Crippen LogP) is 1.22. The van der Waals surface area contributed by atoms with E-state index < -0.39 is 33.5 Å². The number of rotatable bonds is 4. The third-order valence-corrected chi connectivity index (χ3v) is 5.61. The van der Waals surface area contributed by atoms with Gasteiger partial charge in [0.2, 0.25) is 15.9 Å². The van der Waals surface area contributed by atoms with E-state index in [0.29, 0.717) is 0 Å². The molecule has 8 heteroatoms. The van der Waals surface area contributed by atoms with E-state index in [4.69, 9.17) is 4.74 Å². The van der Waals surface area contributed by atoms with Crippen molar-refractivity contribution >= 4 is 21.9 Å². The van der Waals surface area contributed by atoms with Crippen molar-refractivity contribution < 1.29 is 22.7 Å². The minimum atomic E-state index is -3.89. The van der Waals surface area contributed by atoms with E-state index in [1.807, 2.05) is 6.92 Å². The topological polar surface area (TPSA) is 92.8 Å². The van der Waals surface area contributed by atoms with Gasteiger partial charge in [-0.1, -0.05) is 17.7 Å². The number of piperazine rings is 1. The van der Waals surface area contributed by atoms with Gasteiger partial charge in [0.25, 0.3) is 0 Å². The minimum Gasteiger partial charge on any atom is -0.460 e. The van der Waals surface area contributed by atoms with Gasteiger partial charge >= 0.3 is 5.97 Å². The highest BCUT2D eigenvalue weighted by atomic mass is 32.2. The standard InChI is InChI=1S/C17H24N2O5S/c1-12-5-7-13(8-6-12)25(22,23)19-10-9-18-16(21)14(19)11-15(20)24-17(2,3)4/h5-8,14H,9-11H2,1-4H3,(H,18,21)/t14-/m1/s1. The normalized spacial score (nSPS) is 19.4. The molecule has 7 nitrogen and oxygen atoms in total. The molecule has 2 rings (SSSR count). The number of aryl methyl sites for hydroxylation is 1. The summed E-state index contributed by atoms with van der Waals surface area (Å²) in [6.07, 6.45) is -0.325. The summed E-state index contributed by atoms with van der Waals surface area (Å²) in [6.45, 7) is 7.31. The fraction of sp³-hybridized carbons (Fsp3) is 0.529. The minimum absolute atomic E-state index is 0.0991. The van der Waals surface area contributed by atoms with Crippen LogP contribution in [0.3, 0.4) is 0 Å². The molecular formula is C17H24N2O5S. The van der Waals surface area contributed by atoms with Gasteiger partial charge in [-0.05, 0) is 39.8 Å². The molecule has 1 aliphatic heterocycles. The maximum absolute atomic E-state index is 12.9. The Morgan fingerprint density at radius 1 is 1.28 bits per heavy atom. The fourth-order valence-electron chi connectivity index (χ4n) is 2.56. The highest BCUT2D eigenvalue weighted by molar-refractivity contribution is 7.89. The van der Waals surface area contributed by atoms with Crippen LogP contribution in [0.2, 0.25) is 0 Å². The molecule has 1 amide bonds. The van der Waals surface area contributed by atoms with Crippen molar-refractivity contribution in [2.75, 3.05) is 13.1 Å². The summed E-state index contributed by atoms with van der Waals surface area (Å²) in [6, 6.07) is 5.28. The van der Waals surface area contributed by atoms with E-state index in [9.17, 15) is 18.0 Å². The number of nitrogens with one attached hydrogen (secondary N) is 1. The second-order valence-corrected chi connectivity index (χ2v) is 8.92. The predicted molar refractivity (Wildman–Crippen MR) is 92.3 cm³/mol. The molecule has 0 unspecified atom stereocenters. The van der Waals surface area contributed by atoms with Crippen molar-refractivity contribution in [3.8, 4) is 0 Å². The van der Waals surface area contributed by atoms with Crippen LogP contribution in [0.4, 0.5) is 0 Å². The number of sulfonamides is 1. The van der Waals surface area contributed by atoms with Gasteiger partial charge in [-0.2, -0.15) is 4.31 Å². The lowest BCUT2D eigenvalue weighted by Crippen LogP contribution is -2.57. The Labute approximate surface area is 148 Å². The fourth-order valence-corrected chi connectivity index (χ4v) is 4.15. The first-order valence-corrected chi connectivity index (χ1v) is 9.53. The summed E-state index contributed by atoms with van der Waals surface area (Å²) in [5, 5.41) is 2.61. The molecule has 0 aromatic heterocycles. The molecule has 1 aromatic carbocycles. The molecule has 1 aromatic rings. The smallest absolute Gasteiger partial charge is 0.308 e. The number of esters is 1. The van der Waals surface area contributed by atoms with Gasteiger partial charge in [0.05, 0.1) is 11.3 Å². The van der Waals surface area contributed by atoms with Crippen molar-refractivity contribution in [2.24, 2.45) is 0 Å². The summed E-state index contributed by atoms with van der Waals surface area (Å²) in [4.78, 5) is 24.4. The third kappa shape index (κ3) is 4.79. The molecule has 1 fully saturated rings. The Morgan fingerprint density at radius 3 is 2.44 bits per heavy atom. The number of nitrogens with zero attached hydrogens (tertiary/aromatic N) is 1. The second-order valence-electron chi connectivity index (χ2n) is 7.03.